The SMILES string of the molecule is CC(NC1Cc2ccc(Cl)cc2C1)c1cccc(Br)c1. The molecule has 0 saturated heterocycles. The van der Waals surface area contributed by atoms with Crippen molar-refractivity contribution in [3.63, 3.8) is 0 Å². The first-order chi connectivity index (χ1) is 9.61. The van der Waals surface area contributed by atoms with Crippen molar-refractivity contribution in [3.8, 4) is 0 Å². The smallest absolute Gasteiger partial charge is 0.0408 e. The van der Waals surface area contributed by atoms with Crippen LogP contribution in [0.3, 0.4) is 0 Å². The van der Waals surface area contributed by atoms with E-state index in [1.807, 2.05) is 6.07 Å². The topological polar surface area (TPSA) is 12.0 Å². The summed E-state index contributed by atoms with van der Waals surface area (Å²) >= 11 is 9.60. The van der Waals surface area contributed by atoms with Crippen LogP contribution < -0.4 is 5.32 Å². The molecule has 0 radical (unpaired) electrons. The van der Waals surface area contributed by atoms with Crippen molar-refractivity contribution in [2.45, 2.75) is 31.8 Å². The Morgan fingerprint density at radius 3 is 2.75 bits per heavy atom. The second-order valence-electron chi connectivity index (χ2n) is 5.46. The highest BCUT2D eigenvalue weighted by Gasteiger charge is 2.23. The van der Waals surface area contributed by atoms with Gasteiger partial charge in [0, 0.05) is 21.6 Å². The van der Waals surface area contributed by atoms with Gasteiger partial charge >= 0.3 is 0 Å². The summed E-state index contributed by atoms with van der Waals surface area (Å²) in [5, 5.41) is 4.56. The van der Waals surface area contributed by atoms with Crippen LogP contribution in [0.5, 0.6) is 0 Å². The van der Waals surface area contributed by atoms with Crippen LogP contribution in [-0.4, -0.2) is 6.04 Å². The van der Waals surface area contributed by atoms with Crippen molar-refractivity contribution < 1.29 is 0 Å². The maximum absolute atomic E-state index is 6.06. The van der Waals surface area contributed by atoms with Crippen LogP contribution in [0.4, 0.5) is 0 Å². The lowest BCUT2D eigenvalue weighted by atomic mass is 10.1. The first kappa shape index (κ1) is 14.1. The number of fused-ring (bicyclic) bond motifs is 1. The summed E-state index contributed by atoms with van der Waals surface area (Å²) in [5.41, 5.74) is 4.12. The molecule has 2 aromatic rings. The number of benzene rings is 2. The molecule has 0 aromatic heterocycles. The molecule has 1 nitrogen and oxygen atoms in total. The van der Waals surface area contributed by atoms with Gasteiger partial charge in [-0.25, -0.2) is 0 Å². The van der Waals surface area contributed by atoms with Crippen LogP contribution in [0.2, 0.25) is 5.02 Å². The minimum atomic E-state index is 0.349. The summed E-state index contributed by atoms with van der Waals surface area (Å²) in [6.45, 7) is 2.22. The molecule has 0 aliphatic heterocycles. The van der Waals surface area contributed by atoms with E-state index < -0.39 is 0 Å². The van der Waals surface area contributed by atoms with E-state index in [0.717, 1.165) is 22.3 Å². The van der Waals surface area contributed by atoms with Gasteiger partial charge in [-0.2, -0.15) is 0 Å². The van der Waals surface area contributed by atoms with E-state index in [4.69, 9.17) is 11.6 Å². The Balaban J connectivity index is 1.68. The number of nitrogens with one attached hydrogen (secondary N) is 1. The minimum absolute atomic E-state index is 0.349. The Kier molecular flexibility index (Phi) is 4.16. The second-order valence-corrected chi connectivity index (χ2v) is 6.81. The van der Waals surface area contributed by atoms with Gasteiger partial charge in [0.05, 0.1) is 0 Å². The average Bonchev–Trinajstić information content (AvgIpc) is 2.80. The van der Waals surface area contributed by atoms with E-state index in [0.29, 0.717) is 12.1 Å². The Hall–Kier alpha value is -0.830. The predicted molar refractivity (Wildman–Crippen MR) is 88.3 cm³/mol. The predicted octanol–water partition coefficient (Wildman–Crippen LogP) is 4.92. The molecule has 0 amide bonds. The molecule has 1 aliphatic carbocycles. The summed E-state index contributed by atoms with van der Waals surface area (Å²) in [5.74, 6) is 0. The zero-order valence-electron chi connectivity index (χ0n) is 11.4. The zero-order chi connectivity index (χ0) is 14.1. The van der Waals surface area contributed by atoms with Crippen LogP contribution in [0.25, 0.3) is 0 Å². The van der Waals surface area contributed by atoms with Gasteiger partial charge in [-0.05, 0) is 60.7 Å². The van der Waals surface area contributed by atoms with Gasteiger partial charge in [-0.3, -0.25) is 0 Å². The highest BCUT2D eigenvalue weighted by Crippen LogP contribution is 2.27. The van der Waals surface area contributed by atoms with Crippen molar-refractivity contribution in [1.82, 2.24) is 5.32 Å². The molecule has 104 valence electrons. The minimum Gasteiger partial charge on any atom is -0.307 e. The van der Waals surface area contributed by atoms with Crippen LogP contribution >= 0.6 is 27.5 Å². The molecule has 0 spiro atoms. The molecule has 3 rings (SSSR count). The van der Waals surface area contributed by atoms with Crippen molar-refractivity contribution in [2.75, 3.05) is 0 Å². The summed E-state index contributed by atoms with van der Waals surface area (Å²) in [4.78, 5) is 0. The fraction of sp³-hybridized carbons (Fsp3) is 0.294. The second kappa shape index (κ2) is 5.88. The van der Waals surface area contributed by atoms with E-state index in [2.05, 4.69) is 64.6 Å². The first-order valence-electron chi connectivity index (χ1n) is 6.90. The quantitative estimate of drug-likeness (QED) is 0.828. The highest BCUT2D eigenvalue weighted by molar-refractivity contribution is 9.10. The van der Waals surface area contributed by atoms with Crippen LogP contribution in [-0.2, 0) is 12.8 Å². The van der Waals surface area contributed by atoms with E-state index >= 15 is 0 Å². The number of hydrogen-bond acceptors (Lipinski definition) is 1. The fourth-order valence-corrected chi connectivity index (χ4v) is 3.54. The molecule has 3 heteroatoms. The molecule has 0 fully saturated rings. The van der Waals surface area contributed by atoms with Gasteiger partial charge in [0.25, 0.3) is 0 Å². The Bertz CT molecular complexity index is 626. The van der Waals surface area contributed by atoms with Crippen molar-refractivity contribution >= 4 is 27.5 Å². The van der Waals surface area contributed by atoms with Gasteiger partial charge < -0.3 is 5.32 Å². The monoisotopic (exact) mass is 349 g/mol. The lowest BCUT2D eigenvalue weighted by Gasteiger charge is -2.19. The van der Waals surface area contributed by atoms with Gasteiger partial charge in [0.2, 0.25) is 0 Å². The standard InChI is InChI=1S/C17H17BrClN/c1-11(12-3-2-4-15(18)7-12)20-17-9-13-5-6-16(19)8-14(13)10-17/h2-8,11,17,20H,9-10H2,1H3. The summed E-state index contributed by atoms with van der Waals surface area (Å²) < 4.78 is 1.13. The maximum atomic E-state index is 6.06. The van der Waals surface area contributed by atoms with E-state index in [1.54, 1.807) is 0 Å². The largest absolute Gasteiger partial charge is 0.307 e. The molecule has 0 bridgehead atoms. The summed E-state index contributed by atoms with van der Waals surface area (Å²) in [6, 6.07) is 15.6. The van der Waals surface area contributed by atoms with Gasteiger partial charge in [-0.1, -0.05) is 45.7 Å². The van der Waals surface area contributed by atoms with E-state index in [-0.39, 0.29) is 0 Å². The van der Waals surface area contributed by atoms with Crippen molar-refractivity contribution in [1.29, 1.82) is 0 Å². The molecule has 1 N–H and O–H groups in total. The van der Waals surface area contributed by atoms with Crippen molar-refractivity contribution in [3.05, 3.63) is 68.7 Å². The third-order valence-electron chi connectivity index (χ3n) is 3.94. The van der Waals surface area contributed by atoms with Gasteiger partial charge in [0.1, 0.15) is 0 Å². The normalized spacial score (nSPS) is 18.9. The number of halogens is 2. The Morgan fingerprint density at radius 1 is 1.15 bits per heavy atom. The third-order valence-corrected chi connectivity index (χ3v) is 4.66. The molecular weight excluding hydrogens is 334 g/mol. The lowest BCUT2D eigenvalue weighted by Crippen LogP contribution is -2.32. The van der Waals surface area contributed by atoms with Crippen LogP contribution in [0.15, 0.2) is 46.9 Å². The van der Waals surface area contributed by atoms with Gasteiger partial charge in [-0.15, -0.1) is 0 Å². The lowest BCUT2D eigenvalue weighted by molar-refractivity contribution is 0.467. The molecule has 2 atom stereocenters. The third kappa shape index (κ3) is 3.08. The fourth-order valence-electron chi connectivity index (χ4n) is 2.93. The maximum Gasteiger partial charge on any atom is 0.0408 e. The molecule has 2 unspecified atom stereocenters. The van der Waals surface area contributed by atoms with Gasteiger partial charge in [0.15, 0.2) is 0 Å². The Labute approximate surface area is 133 Å². The molecule has 2 aromatic carbocycles. The molecule has 0 saturated carbocycles. The molecule has 20 heavy (non-hydrogen) atoms. The molecular formula is C17H17BrClN. The van der Waals surface area contributed by atoms with Crippen LogP contribution in [0, 0.1) is 0 Å². The van der Waals surface area contributed by atoms with Crippen molar-refractivity contribution in [2.24, 2.45) is 0 Å². The van der Waals surface area contributed by atoms with Crippen LogP contribution in [0.1, 0.15) is 29.7 Å². The average molecular weight is 351 g/mol. The number of hydrogen-bond donors (Lipinski definition) is 1. The first-order valence-corrected chi connectivity index (χ1v) is 8.08. The van der Waals surface area contributed by atoms with E-state index in [1.165, 1.54) is 16.7 Å². The zero-order valence-corrected chi connectivity index (χ0v) is 13.7. The van der Waals surface area contributed by atoms with E-state index in [9.17, 15) is 0 Å². The molecule has 1 aliphatic rings. The highest BCUT2D eigenvalue weighted by atomic mass is 79.9. The summed E-state index contributed by atoms with van der Waals surface area (Å²) in [6.07, 6.45) is 2.15. The molecule has 0 heterocycles. The summed E-state index contributed by atoms with van der Waals surface area (Å²) in [7, 11) is 0. The Morgan fingerprint density at radius 2 is 1.95 bits per heavy atom. The number of rotatable bonds is 3.